The van der Waals surface area contributed by atoms with Crippen molar-refractivity contribution in [1.29, 1.82) is 0 Å². The van der Waals surface area contributed by atoms with Crippen molar-refractivity contribution in [2.24, 2.45) is 0 Å². The number of aliphatic hydroxyl groups is 1. The SMILES string of the molecule is CC(C)O.CC1CC(=O)O1.COCCN(Cc1cc(C(C)(C)c2ccccc2)cc(C(C)(C)c2ccccc2)c1O)Cc1cc(C(C)(C)c2ccccc2)cc(C(C)(C)c2ccccc2)c1O.CO[C@H](C)CC(=O)O[C@@H](C)CC(C)=O.[CH-]1CCCO1.[Y]. The van der Waals surface area contributed by atoms with Gasteiger partial charge in [-0.05, 0) is 87.1 Å². The maximum absolute atomic E-state index is 12.4. The number of phenols is 2. The third-order valence-corrected chi connectivity index (χ3v) is 15.8. The minimum absolute atomic E-state index is 0. The maximum Gasteiger partial charge on any atom is 0.309 e. The molecule has 471 valence electrons. The van der Waals surface area contributed by atoms with Crippen LogP contribution in [0.25, 0.3) is 0 Å². The van der Waals surface area contributed by atoms with Gasteiger partial charge in [0.1, 0.15) is 29.5 Å². The van der Waals surface area contributed by atoms with Crippen LogP contribution in [0.2, 0.25) is 0 Å². The summed E-state index contributed by atoms with van der Waals surface area (Å²) in [7, 11) is 3.26. The van der Waals surface area contributed by atoms with Crippen LogP contribution < -0.4 is 0 Å². The molecule has 2 aliphatic heterocycles. The van der Waals surface area contributed by atoms with Crippen molar-refractivity contribution in [2.45, 2.75) is 188 Å². The number of ketones is 1. The van der Waals surface area contributed by atoms with E-state index in [-0.39, 0.29) is 98.5 Å². The number of nitrogens with zero attached hydrogens (tertiary/aromatic N) is 1. The van der Waals surface area contributed by atoms with Crippen LogP contribution in [-0.4, -0.2) is 96.3 Å². The van der Waals surface area contributed by atoms with Gasteiger partial charge in [-0.25, -0.2) is 6.61 Å². The van der Waals surface area contributed by atoms with E-state index in [4.69, 9.17) is 24.1 Å². The molecular weight excluding hydrogens is 1170 g/mol. The van der Waals surface area contributed by atoms with Crippen molar-refractivity contribution < 1.29 is 86.1 Å². The summed E-state index contributed by atoms with van der Waals surface area (Å²) in [6.07, 6.45) is 3.01. The number of benzene rings is 6. The first kappa shape index (κ1) is 75.7. The molecule has 13 heteroatoms. The van der Waals surface area contributed by atoms with Gasteiger partial charge < -0.3 is 39.0 Å². The molecular formula is C74H100NO11Y-. The van der Waals surface area contributed by atoms with Crippen molar-refractivity contribution in [3.63, 3.8) is 0 Å². The first-order valence-electron chi connectivity index (χ1n) is 30.3. The van der Waals surface area contributed by atoms with Crippen molar-refractivity contribution in [2.75, 3.05) is 34.0 Å². The van der Waals surface area contributed by atoms with E-state index in [9.17, 15) is 24.6 Å². The number of carbonyl (C=O) groups excluding carboxylic acids is 3. The van der Waals surface area contributed by atoms with Gasteiger partial charge >= 0.3 is 11.9 Å². The Hall–Kier alpha value is -5.57. The number of esters is 2. The molecule has 12 nitrogen and oxygen atoms in total. The summed E-state index contributed by atoms with van der Waals surface area (Å²) in [4.78, 5) is 34.1. The number of hydrogen-bond acceptors (Lipinski definition) is 12. The molecule has 2 heterocycles. The number of carbonyl (C=O) groups is 3. The van der Waals surface area contributed by atoms with Crippen molar-refractivity contribution >= 4 is 17.7 Å². The molecule has 0 aromatic heterocycles. The predicted molar refractivity (Wildman–Crippen MR) is 345 cm³/mol. The van der Waals surface area contributed by atoms with Crippen LogP contribution in [0.15, 0.2) is 146 Å². The first-order valence-corrected chi connectivity index (χ1v) is 30.3. The maximum atomic E-state index is 12.4. The summed E-state index contributed by atoms with van der Waals surface area (Å²) in [5.74, 6) is 0.224. The zero-order chi connectivity index (χ0) is 63.8. The zero-order valence-electron chi connectivity index (χ0n) is 54.9. The molecule has 2 saturated heterocycles. The van der Waals surface area contributed by atoms with E-state index in [1.165, 1.54) is 31.6 Å². The Bertz CT molecular complexity index is 2820. The third kappa shape index (κ3) is 23.4. The molecule has 87 heavy (non-hydrogen) atoms. The van der Waals surface area contributed by atoms with E-state index in [1.54, 1.807) is 34.8 Å². The molecule has 0 amide bonds. The monoisotopic (exact) mass is 1270 g/mol. The molecule has 2 aliphatic rings. The second-order valence-electron chi connectivity index (χ2n) is 25.0. The summed E-state index contributed by atoms with van der Waals surface area (Å²) < 4.78 is 24.9. The molecule has 2 fully saturated rings. The number of hydrogen-bond donors (Lipinski definition) is 3. The van der Waals surface area contributed by atoms with E-state index in [2.05, 4.69) is 198 Å². The fraction of sp³-hybridized carbons (Fsp3) is 0.459. The summed E-state index contributed by atoms with van der Waals surface area (Å²) in [6.45, 7) is 32.9. The Morgan fingerprint density at radius 1 is 0.621 bits per heavy atom. The molecule has 0 saturated carbocycles. The van der Waals surface area contributed by atoms with Crippen LogP contribution in [0.3, 0.4) is 0 Å². The fourth-order valence-electron chi connectivity index (χ4n) is 10.2. The van der Waals surface area contributed by atoms with Gasteiger partial charge in [-0.2, -0.15) is 6.42 Å². The van der Waals surface area contributed by atoms with E-state index >= 15 is 0 Å². The molecule has 6 aromatic carbocycles. The van der Waals surface area contributed by atoms with Crippen molar-refractivity contribution in [3.8, 4) is 11.5 Å². The zero-order valence-corrected chi connectivity index (χ0v) is 57.8. The van der Waals surface area contributed by atoms with Gasteiger partial charge in [0.25, 0.3) is 0 Å². The number of ether oxygens (including phenoxy) is 5. The predicted octanol–water partition coefficient (Wildman–Crippen LogP) is 15.0. The Kier molecular flexibility index (Phi) is 31.5. The van der Waals surface area contributed by atoms with Gasteiger partial charge in [-0.15, -0.1) is 0 Å². The smallest absolute Gasteiger partial charge is 0.309 e. The molecule has 0 aliphatic carbocycles. The van der Waals surface area contributed by atoms with Gasteiger partial charge in [0.05, 0.1) is 25.6 Å². The number of aliphatic hydroxyl groups excluding tert-OH is 1. The molecule has 1 unspecified atom stereocenters. The van der Waals surface area contributed by atoms with Crippen LogP contribution in [0.4, 0.5) is 0 Å². The summed E-state index contributed by atoms with van der Waals surface area (Å²) in [5.41, 5.74) is 8.78. The van der Waals surface area contributed by atoms with Gasteiger partial charge in [-0.1, -0.05) is 195 Å². The van der Waals surface area contributed by atoms with E-state index in [0.29, 0.717) is 44.2 Å². The van der Waals surface area contributed by atoms with Gasteiger partial charge in [0.15, 0.2) is 0 Å². The molecule has 6 aromatic rings. The fourth-order valence-corrected chi connectivity index (χ4v) is 10.2. The average Bonchev–Trinajstić information content (AvgIpc) is 0.952. The minimum Gasteiger partial charge on any atom is -0.552 e. The molecule has 1 radical (unpaired) electrons. The quantitative estimate of drug-likeness (QED) is 0.0463. The standard InChI is InChI=1S/C53H61NO3.C10H18O4.C4H6O2.C4H7O.C3H8O.Y/c1-50(2,40-22-14-10-15-23-40)44-32-38(48(55)46(34-44)52(5,6)42-26-18-12-19-27-42)36-54(30-31-57-9)37-39-33-45(51(3,4)41-24-16-11-17-25-41)35-47(49(39)56)53(7,8)43-28-20-13-21-29-43;1-7(11)5-9(3)14-10(12)6-8(2)13-4;1-3-2-4(5)6-3;1-2-4-5-3-1;1-3(2)4;/h10-29,32-35,55-56H,30-31,36-37H2,1-9H3;8-9H,5-6H2,1-4H3;3H,2H2,1H3;3H,1-2,4H2;3-4H,1-2H3;/q;;;-1;;/t;8-,9+;;;;/m.1..../s1. The van der Waals surface area contributed by atoms with Gasteiger partial charge in [-0.3, -0.25) is 19.3 Å². The summed E-state index contributed by atoms with van der Waals surface area (Å²) in [5, 5.41) is 32.8. The number of Topliss-reactive ketones (excluding diaryl/α,β-unsaturated/α-hetero) is 1. The van der Waals surface area contributed by atoms with Crippen LogP contribution in [0.1, 0.15) is 185 Å². The Labute approximate surface area is 546 Å². The number of phenolic OH excluding ortho intramolecular Hbond substituents is 2. The second kappa shape index (κ2) is 36.2. The Morgan fingerprint density at radius 3 is 1.28 bits per heavy atom. The van der Waals surface area contributed by atoms with Crippen molar-refractivity contribution in [3.05, 3.63) is 208 Å². The Morgan fingerprint density at radius 2 is 1.00 bits per heavy atom. The average molecular weight is 1270 g/mol. The van der Waals surface area contributed by atoms with E-state index in [1.807, 2.05) is 25.7 Å². The first-order chi connectivity index (χ1) is 40.5. The van der Waals surface area contributed by atoms with Crippen LogP contribution in [-0.2, 0) is 106 Å². The largest absolute Gasteiger partial charge is 0.552 e. The third-order valence-electron chi connectivity index (χ3n) is 15.8. The number of aromatic hydroxyl groups is 2. The minimum atomic E-state index is -0.478. The molecule has 0 spiro atoms. The topological polar surface area (TPSA) is 161 Å². The normalized spacial score (nSPS) is 14.6. The van der Waals surface area contributed by atoms with Crippen molar-refractivity contribution in [1.82, 2.24) is 4.90 Å². The molecule has 3 N–H and O–H groups in total. The number of rotatable bonds is 21. The molecule has 0 bridgehead atoms. The second-order valence-corrected chi connectivity index (χ2v) is 25.0. The van der Waals surface area contributed by atoms with E-state index < -0.39 is 10.8 Å². The summed E-state index contributed by atoms with van der Waals surface area (Å²) in [6, 6.07) is 50.8. The number of methoxy groups -OCH3 is 2. The van der Waals surface area contributed by atoms with Crippen LogP contribution in [0, 0.1) is 6.61 Å². The summed E-state index contributed by atoms with van der Waals surface area (Å²) >= 11 is 0. The molecule has 3 atom stereocenters. The van der Waals surface area contributed by atoms with Crippen LogP contribution >= 0.6 is 0 Å². The van der Waals surface area contributed by atoms with Gasteiger partial charge in [0.2, 0.25) is 0 Å². The molecule has 8 rings (SSSR count). The van der Waals surface area contributed by atoms with Gasteiger partial charge in [0, 0.05) is 130 Å². The Balaban J connectivity index is 0.000000538. The van der Waals surface area contributed by atoms with Crippen LogP contribution in [0.5, 0.6) is 11.5 Å². The van der Waals surface area contributed by atoms with E-state index in [0.717, 1.165) is 57.5 Å². The number of cyclic esters (lactones) is 1.